The van der Waals surface area contributed by atoms with Crippen LogP contribution in [0.4, 0.5) is 5.69 Å². The highest BCUT2D eigenvalue weighted by molar-refractivity contribution is 5.95. The van der Waals surface area contributed by atoms with E-state index in [-0.39, 0.29) is 5.91 Å². The molecule has 4 N–H and O–H groups in total. The first-order chi connectivity index (χ1) is 9.35. The number of nitrogens with two attached hydrogens (primary N) is 1. The molecule has 0 spiro atoms. The second-order valence-electron chi connectivity index (χ2n) is 6.53. The van der Waals surface area contributed by atoms with Crippen LogP contribution in [0.2, 0.25) is 0 Å². The lowest BCUT2D eigenvalue weighted by atomic mass is 9.72. The molecule has 5 nitrogen and oxygen atoms in total. The summed E-state index contributed by atoms with van der Waals surface area (Å²) in [6.45, 7) is 4.57. The fourth-order valence-corrected chi connectivity index (χ4v) is 2.75. The van der Waals surface area contributed by atoms with Crippen molar-refractivity contribution in [2.45, 2.75) is 46.0 Å². The zero-order valence-corrected chi connectivity index (χ0v) is 12.2. The van der Waals surface area contributed by atoms with Gasteiger partial charge in [-0.15, -0.1) is 0 Å². The van der Waals surface area contributed by atoms with E-state index in [2.05, 4.69) is 24.1 Å². The Kier molecular flexibility index (Phi) is 4.16. The van der Waals surface area contributed by atoms with E-state index in [1.54, 1.807) is 12.3 Å². The van der Waals surface area contributed by atoms with Gasteiger partial charge in [0.2, 0.25) is 5.91 Å². The van der Waals surface area contributed by atoms with Crippen molar-refractivity contribution in [3.05, 3.63) is 18.0 Å². The standard InChI is InChI=1S/C15H23N3O2/c1-15(2)5-3-10(4-6-15)7-13(19)18-11-8-12(14(16)20)17-9-11/h8-10,17H,3-7H2,1-2H3,(H2,16,20)(H,18,19). The Hall–Kier alpha value is -1.78. The molecule has 1 fully saturated rings. The molecule has 1 aliphatic rings. The Balaban J connectivity index is 1.82. The minimum Gasteiger partial charge on any atom is -0.364 e. The molecule has 110 valence electrons. The van der Waals surface area contributed by atoms with Crippen LogP contribution in [-0.2, 0) is 4.79 Å². The summed E-state index contributed by atoms with van der Waals surface area (Å²) in [6.07, 6.45) is 6.72. The molecule has 1 saturated carbocycles. The summed E-state index contributed by atoms with van der Waals surface area (Å²) < 4.78 is 0. The number of H-pyrrole nitrogens is 1. The fraction of sp³-hybridized carbons (Fsp3) is 0.600. The van der Waals surface area contributed by atoms with Gasteiger partial charge in [-0.1, -0.05) is 13.8 Å². The van der Waals surface area contributed by atoms with Crippen LogP contribution in [0.5, 0.6) is 0 Å². The highest BCUT2D eigenvalue weighted by atomic mass is 16.2. The average molecular weight is 277 g/mol. The molecule has 1 aromatic rings. The lowest BCUT2D eigenvalue weighted by Gasteiger charge is -2.34. The van der Waals surface area contributed by atoms with Crippen molar-refractivity contribution in [2.75, 3.05) is 5.32 Å². The third-order valence-corrected chi connectivity index (χ3v) is 4.17. The van der Waals surface area contributed by atoms with E-state index in [0.717, 1.165) is 12.8 Å². The number of primary amides is 1. The summed E-state index contributed by atoms with van der Waals surface area (Å²) in [5.74, 6) is -0.0534. The zero-order valence-electron chi connectivity index (χ0n) is 12.2. The maximum Gasteiger partial charge on any atom is 0.265 e. The average Bonchev–Trinajstić information content (AvgIpc) is 2.80. The molecule has 0 bridgehead atoms. The Labute approximate surface area is 119 Å². The van der Waals surface area contributed by atoms with Crippen LogP contribution in [0, 0.1) is 11.3 Å². The van der Waals surface area contributed by atoms with Crippen LogP contribution in [0.3, 0.4) is 0 Å². The quantitative estimate of drug-likeness (QED) is 0.790. The molecule has 0 aromatic carbocycles. The van der Waals surface area contributed by atoms with Crippen LogP contribution < -0.4 is 11.1 Å². The van der Waals surface area contributed by atoms with Gasteiger partial charge in [-0.05, 0) is 43.1 Å². The number of anilines is 1. The lowest BCUT2D eigenvalue weighted by Crippen LogP contribution is -2.24. The Bertz CT molecular complexity index is 495. The molecule has 0 radical (unpaired) electrons. The van der Waals surface area contributed by atoms with E-state index in [1.165, 1.54) is 12.8 Å². The number of hydrogen-bond donors (Lipinski definition) is 3. The first kappa shape index (κ1) is 14.6. The van der Waals surface area contributed by atoms with Crippen LogP contribution in [0.1, 0.15) is 56.4 Å². The lowest BCUT2D eigenvalue weighted by molar-refractivity contribution is -0.117. The van der Waals surface area contributed by atoms with Crippen molar-refractivity contribution < 1.29 is 9.59 Å². The van der Waals surface area contributed by atoms with Gasteiger partial charge in [0, 0.05) is 12.6 Å². The third-order valence-electron chi connectivity index (χ3n) is 4.17. The SMILES string of the molecule is CC1(C)CCC(CC(=O)Nc2c[nH]c(C(N)=O)c2)CC1. The van der Waals surface area contributed by atoms with Gasteiger partial charge in [0.15, 0.2) is 0 Å². The van der Waals surface area contributed by atoms with E-state index in [0.29, 0.717) is 29.1 Å². The van der Waals surface area contributed by atoms with Gasteiger partial charge in [0.1, 0.15) is 5.69 Å². The third kappa shape index (κ3) is 3.85. The highest BCUT2D eigenvalue weighted by Crippen LogP contribution is 2.39. The summed E-state index contributed by atoms with van der Waals surface area (Å²) in [4.78, 5) is 25.7. The van der Waals surface area contributed by atoms with Crippen molar-refractivity contribution in [3.8, 4) is 0 Å². The minimum absolute atomic E-state index is 0.00438. The van der Waals surface area contributed by atoms with Crippen molar-refractivity contribution in [1.82, 2.24) is 4.98 Å². The molecule has 1 aliphatic carbocycles. The van der Waals surface area contributed by atoms with Crippen molar-refractivity contribution in [3.63, 3.8) is 0 Å². The maximum absolute atomic E-state index is 12.0. The molecular weight excluding hydrogens is 254 g/mol. The molecule has 20 heavy (non-hydrogen) atoms. The van der Waals surface area contributed by atoms with Crippen LogP contribution in [0.25, 0.3) is 0 Å². The Morgan fingerprint density at radius 2 is 2.05 bits per heavy atom. The number of hydrogen-bond acceptors (Lipinski definition) is 2. The number of rotatable bonds is 4. The molecule has 0 aliphatic heterocycles. The van der Waals surface area contributed by atoms with E-state index in [1.807, 2.05) is 0 Å². The van der Waals surface area contributed by atoms with E-state index < -0.39 is 5.91 Å². The minimum atomic E-state index is -0.528. The van der Waals surface area contributed by atoms with E-state index >= 15 is 0 Å². The predicted molar refractivity (Wildman–Crippen MR) is 78.3 cm³/mol. The fourth-order valence-electron chi connectivity index (χ4n) is 2.75. The smallest absolute Gasteiger partial charge is 0.265 e. The molecule has 0 unspecified atom stereocenters. The van der Waals surface area contributed by atoms with Gasteiger partial charge in [0.25, 0.3) is 5.91 Å². The number of nitrogens with one attached hydrogen (secondary N) is 2. The predicted octanol–water partition coefficient (Wildman–Crippen LogP) is 2.66. The number of amides is 2. The summed E-state index contributed by atoms with van der Waals surface area (Å²) in [5.41, 5.74) is 6.47. The summed E-state index contributed by atoms with van der Waals surface area (Å²) in [7, 11) is 0. The van der Waals surface area contributed by atoms with Crippen molar-refractivity contribution >= 4 is 17.5 Å². The van der Waals surface area contributed by atoms with Crippen LogP contribution in [-0.4, -0.2) is 16.8 Å². The van der Waals surface area contributed by atoms with E-state index in [9.17, 15) is 9.59 Å². The first-order valence-corrected chi connectivity index (χ1v) is 7.14. The Morgan fingerprint density at radius 1 is 1.40 bits per heavy atom. The molecule has 5 heteroatoms. The first-order valence-electron chi connectivity index (χ1n) is 7.14. The second-order valence-corrected chi connectivity index (χ2v) is 6.53. The molecule has 1 heterocycles. The van der Waals surface area contributed by atoms with Gasteiger partial charge in [-0.3, -0.25) is 9.59 Å². The Morgan fingerprint density at radius 3 is 2.60 bits per heavy atom. The second kappa shape index (κ2) is 5.69. The van der Waals surface area contributed by atoms with Gasteiger partial charge < -0.3 is 16.0 Å². The van der Waals surface area contributed by atoms with Crippen molar-refractivity contribution in [1.29, 1.82) is 0 Å². The van der Waals surface area contributed by atoms with Crippen LogP contribution >= 0.6 is 0 Å². The molecule has 1 aromatic heterocycles. The summed E-state index contributed by atoms with van der Waals surface area (Å²) in [5, 5.41) is 2.81. The summed E-state index contributed by atoms with van der Waals surface area (Å²) in [6, 6.07) is 1.56. The number of aromatic nitrogens is 1. The van der Waals surface area contributed by atoms with Gasteiger partial charge in [-0.25, -0.2) is 0 Å². The number of aromatic amines is 1. The largest absolute Gasteiger partial charge is 0.364 e. The van der Waals surface area contributed by atoms with Gasteiger partial charge >= 0.3 is 0 Å². The highest BCUT2D eigenvalue weighted by Gasteiger charge is 2.27. The van der Waals surface area contributed by atoms with Crippen LogP contribution in [0.15, 0.2) is 12.3 Å². The van der Waals surface area contributed by atoms with Crippen molar-refractivity contribution in [2.24, 2.45) is 17.1 Å². The zero-order chi connectivity index (χ0) is 14.8. The molecule has 0 saturated heterocycles. The number of carbonyl (C=O) groups excluding carboxylic acids is 2. The monoisotopic (exact) mass is 277 g/mol. The molecular formula is C15H23N3O2. The molecule has 2 amide bonds. The normalized spacial score (nSPS) is 18.7. The summed E-state index contributed by atoms with van der Waals surface area (Å²) >= 11 is 0. The van der Waals surface area contributed by atoms with E-state index in [4.69, 9.17) is 5.73 Å². The maximum atomic E-state index is 12.0. The molecule has 0 atom stereocenters. The topological polar surface area (TPSA) is 88.0 Å². The number of carbonyl (C=O) groups is 2. The molecule has 2 rings (SSSR count). The van der Waals surface area contributed by atoms with Gasteiger partial charge in [-0.2, -0.15) is 0 Å². The van der Waals surface area contributed by atoms with Gasteiger partial charge in [0.05, 0.1) is 5.69 Å².